The van der Waals surface area contributed by atoms with Crippen molar-refractivity contribution in [2.45, 2.75) is 51.7 Å². The third-order valence-electron chi connectivity index (χ3n) is 5.62. The van der Waals surface area contributed by atoms with Crippen LogP contribution in [0.3, 0.4) is 0 Å². The Morgan fingerprint density at radius 2 is 1.86 bits per heavy atom. The molecule has 2 atom stereocenters. The van der Waals surface area contributed by atoms with Gasteiger partial charge in [0, 0.05) is 10.4 Å². The van der Waals surface area contributed by atoms with E-state index in [-0.39, 0.29) is 11.3 Å². The zero-order valence-corrected chi connectivity index (χ0v) is 16.9. The minimum atomic E-state index is -1.09. The van der Waals surface area contributed by atoms with E-state index in [1.165, 1.54) is 29.5 Å². The predicted octanol–water partition coefficient (Wildman–Crippen LogP) is 5.56. The van der Waals surface area contributed by atoms with Crippen molar-refractivity contribution in [3.8, 4) is 5.00 Å². The first kappa shape index (κ1) is 18.5. The van der Waals surface area contributed by atoms with E-state index < -0.39 is 23.8 Å². The van der Waals surface area contributed by atoms with Crippen molar-refractivity contribution in [2.75, 3.05) is 0 Å². The number of hydrogen-bond donors (Lipinski definition) is 0. The second kappa shape index (κ2) is 6.79. The van der Waals surface area contributed by atoms with Crippen molar-refractivity contribution in [3.63, 3.8) is 0 Å². The molecule has 0 spiro atoms. The Morgan fingerprint density at radius 3 is 2.62 bits per heavy atom. The van der Waals surface area contributed by atoms with Crippen LogP contribution in [-0.4, -0.2) is 20.5 Å². The molecule has 0 saturated carbocycles. The summed E-state index contributed by atoms with van der Waals surface area (Å²) in [6.07, 6.45) is 1.63. The quantitative estimate of drug-likeness (QED) is 0.487. The molecule has 0 fully saturated rings. The van der Waals surface area contributed by atoms with Crippen molar-refractivity contribution in [3.05, 3.63) is 63.0 Å². The van der Waals surface area contributed by atoms with E-state index >= 15 is 0 Å². The van der Waals surface area contributed by atoms with Crippen molar-refractivity contribution in [1.82, 2.24) is 14.8 Å². The average molecular weight is 416 g/mol. The number of aromatic nitrogens is 3. The number of aryl methyl sites for hydroxylation is 1. The molecule has 1 aliphatic carbocycles. The maximum atomic E-state index is 15.0. The molecule has 0 bridgehead atoms. The van der Waals surface area contributed by atoms with Gasteiger partial charge in [-0.1, -0.05) is 6.07 Å². The molecular formula is C21H19F3N4S. The highest BCUT2D eigenvalue weighted by atomic mass is 32.1. The van der Waals surface area contributed by atoms with Gasteiger partial charge in [-0.2, -0.15) is 0 Å². The third kappa shape index (κ3) is 2.76. The van der Waals surface area contributed by atoms with Crippen molar-refractivity contribution in [1.29, 1.82) is 0 Å². The minimum Gasteiger partial charge on any atom is -0.273 e. The van der Waals surface area contributed by atoms with Crippen LogP contribution in [0.1, 0.15) is 71.6 Å². The third-order valence-corrected chi connectivity index (χ3v) is 6.93. The number of benzene rings is 1. The van der Waals surface area contributed by atoms with E-state index in [1.54, 1.807) is 0 Å². The molecule has 0 N–H and O–H groups in total. The summed E-state index contributed by atoms with van der Waals surface area (Å²) >= 11 is 1.33. The van der Waals surface area contributed by atoms with Gasteiger partial charge in [-0.3, -0.25) is 9.56 Å². The molecule has 150 valence electrons. The largest absolute Gasteiger partial charge is 0.273 e. The van der Waals surface area contributed by atoms with Crippen molar-refractivity contribution < 1.29 is 13.2 Å². The minimum absolute atomic E-state index is 0.169. The molecule has 3 heterocycles. The van der Waals surface area contributed by atoms with Gasteiger partial charge in [-0.15, -0.1) is 21.5 Å². The van der Waals surface area contributed by atoms with E-state index in [2.05, 4.69) is 10.2 Å². The van der Waals surface area contributed by atoms with Crippen LogP contribution in [-0.2, 0) is 6.42 Å². The summed E-state index contributed by atoms with van der Waals surface area (Å²) in [5.74, 6) is -0.129. The fourth-order valence-corrected chi connectivity index (χ4v) is 5.68. The molecule has 3 aromatic rings. The number of aliphatic imine (C=N–C) groups is 1. The van der Waals surface area contributed by atoms with Crippen LogP contribution < -0.4 is 0 Å². The first-order valence-electron chi connectivity index (χ1n) is 9.71. The summed E-state index contributed by atoms with van der Waals surface area (Å²) < 4.78 is 46.4. The maximum Gasteiger partial charge on any atom is 0.162 e. The highest BCUT2D eigenvalue weighted by Crippen LogP contribution is 2.45. The number of nitrogens with zero attached hydrogens (tertiary/aromatic N) is 4. The molecular weight excluding hydrogens is 397 g/mol. The maximum absolute atomic E-state index is 15.0. The molecule has 0 radical (unpaired) electrons. The Morgan fingerprint density at radius 1 is 1.10 bits per heavy atom. The highest BCUT2D eigenvalue weighted by molar-refractivity contribution is 7.15. The number of rotatable bonds is 1. The summed E-state index contributed by atoms with van der Waals surface area (Å²) in [5.41, 5.74) is 1.49. The van der Waals surface area contributed by atoms with E-state index in [1.807, 2.05) is 18.4 Å². The topological polar surface area (TPSA) is 43.1 Å². The summed E-state index contributed by atoms with van der Waals surface area (Å²) in [6, 6.07) is 3.34. The Balaban J connectivity index is 1.88. The summed E-state index contributed by atoms with van der Waals surface area (Å²) in [7, 11) is 0. The second-order valence-corrected chi connectivity index (χ2v) is 8.56. The lowest BCUT2D eigenvalue weighted by Gasteiger charge is -2.12. The highest BCUT2D eigenvalue weighted by Gasteiger charge is 2.35. The molecule has 2 aromatic heterocycles. The Hall–Kier alpha value is -2.48. The standard InChI is InChI=1S/C21H19F3N4S/c1-10-20-27-26-11(2)28(20)21-16(12-6-3-4-7-15(24)19(12)29-21)18(25-10)17-13(22)8-5-9-14(17)23/h5,8-10,15H,3-4,6-7H2,1-2H3/t10-,15?/m0/s1. The van der Waals surface area contributed by atoms with Crippen molar-refractivity contribution in [2.24, 2.45) is 4.99 Å². The van der Waals surface area contributed by atoms with E-state index in [4.69, 9.17) is 4.99 Å². The molecule has 1 aliphatic heterocycles. The van der Waals surface area contributed by atoms with Crippen molar-refractivity contribution >= 4 is 17.0 Å². The van der Waals surface area contributed by atoms with Gasteiger partial charge < -0.3 is 0 Å². The lowest BCUT2D eigenvalue weighted by Crippen LogP contribution is -2.12. The molecule has 4 nitrogen and oxygen atoms in total. The molecule has 29 heavy (non-hydrogen) atoms. The summed E-state index contributed by atoms with van der Waals surface area (Å²) in [5, 5.41) is 9.12. The zero-order valence-electron chi connectivity index (χ0n) is 16.0. The Labute approximate surface area is 170 Å². The zero-order chi connectivity index (χ0) is 20.3. The van der Waals surface area contributed by atoms with Crippen LogP contribution in [0.2, 0.25) is 0 Å². The smallest absolute Gasteiger partial charge is 0.162 e. The Bertz CT molecular complexity index is 1130. The Kier molecular flexibility index (Phi) is 4.34. The number of fused-ring (bicyclic) bond motifs is 5. The fraction of sp³-hybridized carbons (Fsp3) is 0.381. The van der Waals surface area contributed by atoms with Crippen LogP contribution in [0, 0.1) is 18.6 Å². The SMILES string of the molecule is Cc1nnc2n1-c1sc3c(c1C(c1c(F)cccc1F)=N[C@H]2C)CCCCC3F. The molecule has 1 unspecified atom stereocenters. The van der Waals surface area contributed by atoms with E-state index in [9.17, 15) is 13.2 Å². The van der Waals surface area contributed by atoms with Gasteiger partial charge in [0.25, 0.3) is 0 Å². The fourth-order valence-electron chi connectivity index (χ4n) is 4.26. The number of hydrogen-bond acceptors (Lipinski definition) is 4. The van der Waals surface area contributed by atoms with Gasteiger partial charge >= 0.3 is 0 Å². The predicted molar refractivity (Wildman–Crippen MR) is 106 cm³/mol. The molecule has 2 aliphatic rings. The lowest BCUT2D eigenvalue weighted by molar-refractivity contribution is 0.325. The number of alkyl halides is 1. The van der Waals surface area contributed by atoms with Gasteiger partial charge in [0.1, 0.15) is 34.7 Å². The summed E-state index contributed by atoms with van der Waals surface area (Å²) in [4.78, 5) is 5.33. The van der Waals surface area contributed by atoms with Gasteiger partial charge in [0.15, 0.2) is 5.82 Å². The second-order valence-electron chi connectivity index (χ2n) is 7.53. The average Bonchev–Trinajstić information content (AvgIpc) is 3.15. The van der Waals surface area contributed by atoms with Crippen LogP contribution in [0.25, 0.3) is 5.00 Å². The van der Waals surface area contributed by atoms with Gasteiger partial charge in [0.05, 0.1) is 11.3 Å². The van der Waals surface area contributed by atoms with Gasteiger partial charge in [-0.25, -0.2) is 13.2 Å². The van der Waals surface area contributed by atoms with E-state index in [0.29, 0.717) is 39.9 Å². The van der Waals surface area contributed by atoms with E-state index in [0.717, 1.165) is 18.4 Å². The molecule has 0 saturated heterocycles. The molecule has 8 heteroatoms. The molecule has 5 rings (SSSR count). The first-order valence-corrected chi connectivity index (χ1v) is 10.5. The van der Waals surface area contributed by atoms with Crippen LogP contribution >= 0.6 is 11.3 Å². The van der Waals surface area contributed by atoms with Crippen LogP contribution in [0.5, 0.6) is 0 Å². The van der Waals surface area contributed by atoms with Crippen LogP contribution in [0.15, 0.2) is 23.2 Å². The summed E-state index contributed by atoms with van der Waals surface area (Å²) in [6.45, 7) is 3.64. The van der Waals surface area contributed by atoms with Gasteiger partial charge in [-0.05, 0) is 57.2 Å². The molecule has 1 aromatic carbocycles. The molecule has 0 amide bonds. The monoisotopic (exact) mass is 416 g/mol. The normalized spacial score (nSPS) is 20.9. The van der Waals surface area contributed by atoms with Gasteiger partial charge in [0.2, 0.25) is 0 Å². The lowest BCUT2D eigenvalue weighted by atomic mass is 9.95. The van der Waals surface area contributed by atoms with Crippen LogP contribution in [0.4, 0.5) is 13.2 Å². The first-order chi connectivity index (χ1) is 14.0. The number of thiophene rings is 1. The number of halogens is 3.